The van der Waals surface area contributed by atoms with E-state index < -0.39 is 0 Å². The van der Waals surface area contributed by atoms with Gasteiger partial charge in [-0.15, -0.1) is 0 Å². The van der Waals surface area contributed by atoms with Crippen molar-refractivity contribution in [2.75, 3.05) is 0 Å². The lowest BCUT2D eigenvalue weighted by Crippen LogP contribution is -2.23. The number of benzene rings is 1. The maximum atomic E-state index is 5.58. The van der Waals surface area contributed by atoms with Crippen LogP contribution in [0.4, 0.5) is 0 Å². The van der Waals surface area contributed by atoms with E-state index in [0.29, 0.717) is 11.0 Å². The molecule has 1 aromatic rings. The zero-order valence-corrected chi connectivity index (χ0v) is 10.0. The zero-order valence-electron chi connectivity index (χ0n) is 9.13. The Hall–Kier alpha value is -0.605. The van der Waals surface area contributed by atoms with E-state index in [4.69, 9.17) is 17.6 Å². The summed E-state index contributed by atoms with van der Waals surface area (Å²) in [5.74, 6) is 0.696. The molecule has 0 saturated heterocycles. The Balaban J connectivity index is 1.77. The van der Waals surface area contributed by atoms with Gasteiger partial charge in [0.2, 0.25) is 0 Å². The van der Waals surface area contributed by atoms with E-state index >= 15 is 0 Å². The lowest BCUT2D eigenvalue weighted by atomic mass is 9.97. The summed E-state index contributed by atoms with van der Waals surface area (Å²) >= 11 is 4.44. The Morgan fingerprint density at radius 2 is 1.69 bits per heavy atom. The molecule has 84 valence electrons. The first-order valence-corrected chi connectivity index (χ1v) is 6.12. The molecule has 0 aromatic heterocycles. The van der Waals surface area contributed by atoms with Crippen molar-refractivity contribution in [1.29, 1.82) is 0 Å². The van der Waals surface area contributed by atoms with Gasteiger partial charge in [-0.1, -0.05) is 17.6 Å². The highest BCUT2D eigenvalue weighted by atomic mass is 32.1. The fourth-order valence-electron chi connectivity index (χ4n) is 1.79. The van der Waals surface area contributed by atoms with Crippen LogP contribution in [0.3, 0.4) is 0 Å². The van der Waals surface area contributed by atoms with Crippen LogP contribution in [0.25, 0.3) is 0 Å². The lowest BCUT2D eigenvalue weighted by Gasteiger charge is -2.24. The summed E-state index contributed by atoms with van der Waals surface area (Å²) in [4.78, 5) is 10.6. The third-order valence-corrected chi connectivity index (χ3v) is 3.32. The molecule has 2 nitrogen and oxygen atoms in total. The molecule has 1 aromatic carbocycles. The fourth-order valence-corrected chi connectivity index (χ4v) is 2.09. The molecule has 0 aliphatic heterocycles. The number of hydrogen-bond donors (Lipinski definition) is 1. The molecular formula is C12H15BO2S. The van der Waals surface area contributed by atoms with Crippen LogP contribution in [0.15, 0.2) is 24.3 Å². The summed E-state index contributed by atoms with van der Waals surface area (Å²) < 4.78 is 0. The van der Waals surface area contributed by atoms with Gasteiger partial charge in [0.25, 0.3) is 0 Å². The van der Waals surface area contributed by atoms with Crippen molar-refractivity contribution in [3.05, 3.63) is 24.3 Å². The zero-order chi connectivity index (χ0) is 11.4. The number of thiol groups is 1. The first kappa shape index (κ1) is 11.9. The van der Waals surface area contributed by atoms with E-state index in [1.807, 2.05) is 0 Å². The molecule has 0 amide bonds. The van der Waals surface area contributed by atoms with Crippen LogP contribution < -0.4 is 10.4 Å². The molecule has 1 aliphatic carbocycles. The van der Waals surface area contributed by atoms with Gasteiger partial charge in [0.1, 0.15) is 14.0 Å². The van der Waals surface area contributed by atoms with Crippen LogP contribution in [-0.4, -0.2) is 19.2 Å². The van der Waals surface area contributed by atoms with Gasteiger partial charge in [-0.3, -0.25) is 0 Å². The van der Waals surface area contributed by atoms with E-state index in [9.17, 15) is 0 Å². The van der Waals surface area contributed by atoms with E-state index in [0.717, 1.165) is 31.1 Å². The van der Waals surface area contributed by atoms with Crippen LogP contribution in [0.2, 0.25) is 0 Å². The second kappa shape index (κ2) is 5.64. The summed E-state index contributed by atoms with van der Waals surface area (Å²) in [5.41, 5.74) is 0.725. The van der Waals surface area contributed by atoms with E-state index in [1.165, 1.54) is 0 Å². The SMILES string of the molecule is [B]c1ccc(OOC2CCC(S)CC2)cc1. The molecule has 2 rings (SSSR count). The molecule has 4 heteroatoms. The van der Waals surface area contributed by atoms with Gasteiger partial charge < -0.3 is 4.89 Å². The molecule has 0 spiro atoms. The molecule has 0 unspecified atom stereocenters. The molecule has 1 fully saturated rings. The normalized spacial score (nSPS) is 25.3. The second-order valence-electron chi connectivity index (χ2n) is 4.18. The molecule has 16 heavy (non-hydrogen) atoms. The van der Waals surface area contributed by atoms with Crippen molar-refractivity contribution >= 4 is 25.9 Å². The van der Waals surface area contributed by atoms with Gasteiger partial charge in [-0.25, -0.2) is 0 Å². The minimum atomic E-state index is 0.195. The predicted octanol–water partition coefficient (Wildman–Crippen LogP) is 2.03. The van der Waals surface area contributed by atoms with Crippen LogP contribution in [0, 0.1) is 0 Å². The average molecular weight is 234 g/mol. The van der Waals surface area contributed by atoms with Crippen molar-refractivity contribution in [2.45, 2.75) is 37.0 Å². The van der Waals surface area contributed by atoms with Crippen LogP contribution in [0.1, 0.15) is 25.7 Å². The summed E-state index contributed by atoms with van der Waals surface area (Å²) in [7, 11) is 5.58. The van der Waals surface area contributed by atoms with E-state index in [2.05, 4.69) is 12.6 Å². The third-order valence-electron chi connectivity index (χ3n) is 2.80. The molecule has 1 aliphatic rings. The highest BCUT2D eigenvalue weighted by Crippen LogP contribution is 2.25. The van der Waals surface area contributed by atoms with E-state index in [1.54, 1.807) is 24.3 Å². The molecule has 0 heterocycles. The van der Waals surface area contributed by atoms with Gasteiger partial charge >= 0.3 is 0 Å². The van der Waals surface area contributed by atoms with Crippen molar-refractivity contribution in [3.63, 3.8) is 0 Å². The molecular weight excluding hydrogens is 219 g/mol. The Morgan fingerprint density at radius 3 is 2.31 bits per heavy atom. The highest BCUT2D eigenvalue weighted by Gasteiger charge is 2.20. The van der Waals surface area contributed by atoms with Gasteiger partial charge in [-0.2, -0.15) is 17.5 Å². The molecule has 0 bridgehead atoms. The van der Waals surface area contributed by atoms with Crippen LogP contribution in [0.5, 0.6) is 5.75 Å². The average Bonchev–Trinajstić information content (AvgIpc) is 2.30. The predicted molar refractivity (Wildman–Crippen MR) is 68.6 cm³/mol. The quantitative estimate of drug-likeness (QED) is 0.373. The maximum absolute atomic E-state index is 5.58. The fraction of sp³-hybridized carbons (Fsp3) is 0.500. The Kier molecular flexibility index (Phi) is 4.19. The van der Waals surface area contributed by atoms with Crippen molar-refractivity contribution in [3.8, 4) is 5.75 Å². The van der Waals surface area contributed by atoms with Gasteiger partial charge in [0, 0.05) is 5.25 Å². The van der Waals surface area contributed by atoms with Crippen molar-refractivity contribution in [2.24, 2.45) is 0 Å². The molecule has 1 saturated carbocycles. The summed E-state index contributed by atoms with van der Waals surface area (Å²) in [6.07, 6.45) is 4.42. The van der Waals surface area contributed by atoms with Gasteiger partial charge in [0.15, 0.2) is 5.75 Å². The van der Waals surface area contributed by atoms with Gasteiger partial charge in [0.05, 0.1) is 0 Å². The topological polar surface area (TPSA) is 18.5 Å². The smallest absolute Gasteiger partial charge is 0.165 e. The van der Waals surface area contributed by atoms with Crippen molar-refractivity contribution in [1.82, 2.24) is 0 Å². The summed E-state index contributed by atoms with van der Waals surface area (Å²) in [6.45, 7) is 0. The number of rotatable bonds is 3. The maximum Gasteiger partial charge on any atom is 0.165 e. The molecule has 0 N–H and O–H groups in total. The first-order chi connectivity index (χ1) is 7.74. The molecule has 2 radical (unpaired) electrons. The summed E-state index contributed by atoms with van der Waals surface area (Å²) in [5, 5.41) is 0.524. The highest BCUT2D eigenvalue weighted by molar-refractivity contribution is 7.80. The Bertz CT molecular complexity index is 320. The Morgan fingerprint density at radius 1 is 1.06 bits per heavy atom. The van der Waals surface area contributed by atoms with Gasteiger partial charge in [-0.05, 0) is 37.8 Å². The largest absolute Gasteiger partial charge is 0.337 e. The van der Waals surface area contributed by atoms with Crippen LogP contribution >= 0.6 is 12.6 Å². The summed E-state index contributed by atoms with van der Waals surface area (Å²) in [6, 6.07) is 7.20. The third kappa shape index (κ3) is 3.46. The van der Waals surface area contributed by atoms with E-state index in [-0.39, 0.29) is 6.10 Å². The van der Waals surface area contributed by atoms with Crippen molar-refractivity contribution < 1.29 is 9.78 Å². The Labute approximate surface area is 103 Å². The number of hydrogen-bond acceptors (Lipinski definition) is 3. The first-order valence-electron chi connectivity index (χ1n) is 5.61. The monoisotopic (exact) mass is 234 g/mol. The van der Waals surface area contributed by atoms with Crippen LogP contribution in [-0.2, 0) is 4.89 Å². The standard InChI is InChI=1S/C12H15BO2S/c13-9-1-3-10(4-2-9)14-15-11-5-7-12(16)8-6-11/h1-4,11-12,16H,5-8H2. The minimum absolute atomic E-state index is 0.195. The minimum Gasteiger partial charge on any atom is -0.337 e. The molecule has 0 atom stereocenters. The second-order valence-corrected chi connectivity index (χ2v) is 4.91. The lowest BCUT2D eigenvalue weighted by molar-refractivity contribution is -0.250.